The molecule has 6 N–H and O–H groups in total. The Hall–Kier alpha value is -5.42. The predicted molar refractivity (Wildman–Crippen MR) is 234 cm³/mol. The van der Waals surface area contributed by atoms with E-state index >= 15 is 0 Å². The molecular weight excluding hydrogens is 854 g/mol. The van der Waals surface area contributed by atoms with Crippen molar-refractivity contribution < 1.29 is 29.0 Å². The first-order valence-electron chi connectivity index (χ1n) is 18.4. The number of benzene rings is 4. The highest BCUT2D eigenvalue weighted by Gasteiger charge is 2.27. The molecule has 0 radical (unpaired) electrons. The van der Waals surface area contributed by atoms with Crippen LogP contribution < -0.4 is 21.5 Å². The molecule has 5 aromatic rings. The van der Waals surface area contributed by atoms with Gasteiger partial charge in [-0.05, 0) is 112 Å². The molecule has 14 nitrogen and oxygen atoms in total. The molecule has 2 amide bonds. The van der Waals surface area contributed by atoms with Gasteiger partial charge in [-0.2, -0.15) is 0 Å². The maximum atomic E-state index is 12.4. The third-order valence-electron chi connectivity index (χ3n) is 8.87. The second-order valence-electron chi connectivity index (χ2n) is 13.3. The van der Waals surface area contributed by atoms with Crippen LogP contribution >= 0.6 is 46.4 Å². The van der Waals surface area contributed by atoms with Crippen LogP contribution in [-0.2, 0) is 9.53 Å². The van der Waals surface area contributed by atoms with Crippen LogP contribution in [0, 0.1) is 27.0 Å². The van der Waals surface area contributed by atoms with Crippen molar-refractivity contribution in [3.05, 3.63) is 138 Å². The summed E-state index contributed by atoms with van der Waals surface area (Å²) in [6, 6.07) is 17.9. The standard InChI is InChI=1S/C19H18Cl2N4O3.C19H16Cl2N4O2.C4H8O/c1-10-14(8-9-15(22-3)16(10)21)23-17(11(2)26)19(28)25-24-18(27)12-4-6-13(20)7-5-12;1-10-14(8-9-15(22-3)16(10)21)23-17(11(2)26)19-25-24-18(27-19)12-4-6-13(20)7-5-12;1-2-4-5-3-1/h4-9,11,17,23,26H,1-2H3,(H,24,27)(H,25,28);4-9,11,17,23,26H,1-2H3;1-4H2/t2*11-,17-;/m11./s1. The molecule has 0 saturated carbocycles. The number of aliphatic hydroxyl groups excluding tert-OH is 2. The molecule has 0 unspecified atom stereocenters. The molecule has 1 fully saturated rings. The van der Waals surface area contributed by atoms with Crippen LogP contribution in [0.5, 0.6) is 0 Å². The average Bonchev–Trinajstić information content (AvgIpc) is 3.99. The number of aromatic nitrogens is 2. The highest BCUT2D eigenvalue weighted by atomic mass is 35.5. The average molecular weight is 897 g/mol. The molecule has 0 aliphatic carbocycles. The fraction of sp³-hybridized carbons (Fsp3) is 0.286. The van der Waals surface area contributed by atoms with Gasteiger partial charge in [-0.1, -0.05) is 58.5 Å². The van der Waals surface area contributed by atoms with E-state index in [1.54, 1.807) is 75.4 Å². The lowest BCUT2D eigenvalue weighted by Crippen LogP contribution is -2.52. The Morgan fingerprint density at radius 1 is 0.717 bits per heavy atom. The number of nitrogens with one attached hydrogen (secondary N) is 4. The first-order chi connectivity index (χ1) is 28.6. The van der Waals surface area contributed by atoms with Crippen molar-refractivity contribution >= 4 is 81.0 Å². The summed E-state index contributed by atoms with van der Waals surface area (Å²) in [5.74, 6) is -0.621. The number of carbonyl (C=O) groups excluding carboxylic acids is 2. The minimum Gasteiger partial charge on any atom is -0.418 e. The van der Waals surface area contributed by atoms with Gasteiger partial charge in [0.1, 0.15) is 12.1 Å². The second kappa shape index (κ2) is 22.8. The quantitative estimate of drug-likeness (QED) is 0.0584. The summed E-state index contributed by atoms with van der Waals surface area (Å²) in [6.07, 6.45) is 0.661. The number of ether oxygens (including phenoxy) is 1. The predicted octanol–water partition coefficient (Wildman–Crippen LogP) is 9.71. The number of aliphatic hydroxyl groups is 2. The van der Waals surface area contributed by atoms with E-state index in [4.69, 9.17) is 68.7 Å². The summed E-state index contributed by atoms with van der Waals surface area (Å²) in [6.45, 7) is 22.8. The van der Waals surface area contributed by atoms with Crippen molar-refractivity contribution in [2.75, 3.05) is 23.8 Å². The van der Waals surface area contributed by atoms with Crippen LogP contribution in [0.15, 0.2) is 77.2 Å². The third-order valence-corrected chi connectivity index (χ3v) is 10.3. The Morgan fingerprint density at radius 2 is 1.23 bits per heavy atom. The molecule has 0 bridgehead atoms. The first-order valence-corrected chi connectivity index (χ1v) is 19.9. The summed E-state index contributed by atoms with van der Waals surface area (Å²) in [4.78, 5) is 31.2. The first kappa shape index (κ1) is 47.3. The number of hydrogen-bond acceptors (Lipinski definition) is 10. The van der Waals surface area contributed by atoms with E-state index in [0.29, 0.717) is 54.7 Å². The zero-order chi connectivity index (χ0) is 43.9. The van der Waals surface area contributed by atoms with E-state index in [-0.39, 0.29) is 16.6 Å². The SMILES string of the molecule is C1CCOC1.[C-]#[N+]c1ccc(N[C@@H](C(=O)NNC(=O)c2ccc(Cl)cc2)[C@@H](C)O)c(C)c1Cl.[C-]#[N+]c1ccc(N[C@@H](c2nnc(-c3ccc(Cl)cc3)o2)[C@@H](C)O)c(C)c1Cl. The highest BCUT2D eigenvalue weighted by Crippen LogP contribution is 2.36. The molecule has 6 rings (SSSR count). The van der Waals surface area contributed by atoms with Gasteiger partial charge in [0.15, 0.2) is 0 Å². The molecule has 1 aromatic heterocycles. The van der Waals surface area contributed by atoms with Crippen molar-refractivity contribution in [2.24, 2.45) is 0 Å². The number of amides is 2. The van der Waals surface area contributed by atoms with Crippen molar-refractivity contribution in [1.29, 1.82) is 0 Å². The van der Waals surface area contributed by atoms with Crippen LogP contribution in [0.25, 0.3) is 21.1 Å². The van der Waals surface area contributed by atoms with Gasteiger partial charge in [0, 0.05) is 45.8 Å². The molecule has 4 atom stereocenters. The van der Waals surface area contributed by atoms with Crippen LogP contribution in [0.2, 0.25) is 20.1 Å². The Balaban J connectivity index is 0.000000236. The van der Waals surface area contributed by atoms with Crippen molar-refractivity contribution in [3.63, 3.8) is 0 Å². The largest absolute Gasteiger partial charge is 0.418 e. The van der Waals surface area contributed by atoms with E-state index in [1.807, 2.05) is 0 Å². The van der Waals surface area contributed by atoms with Crippen LogP contribution in [0.3, 0.4) is 0 Å². The Kier molecular flexibility index (Phi) is 18.0. The minimum atomic E-state index is -1.08. The summed E-state index contributed by atoms with van der Waals surface area (Å²) in [5.41, 5.74) is 8.69. The molecule has 314 valence electrons. The normalized spacial score (nSPS) is 13.7. The third kappa shape index (κ3) is 13.0. The number of anilines is 2. The lowest BCUT2D eigenvalue weighted by molar-refractivity contribution is -0.124. The summed E-state index contributed by atoms with van der Waals surface area (Å²) in [7, 11) is 0. The lowest BCUT2D eigenvalue weighted by Gasteiger charge is -2.23. The molecule has 1 aliphatic heterocycles. The number of rotatable bonds is 10. The smallest absolute Gasteiger partial charge is 0.269 e. The fourth-order valence-corrected chi connectivity index (χ4v) is 6.07. The molecular formula is C42H42Cl4N8O6. The van der Waals surface area contributed by atoms with E-state index in [9.17, 15) is 19.8 Å². The number of halogens is 4. The molecule has 1 aliphatic rings. The number of carbonyl (C=O) groups is 2. The summed E-state index contributed by atoms with van der Waals surface area (Å²) >= 11 is 24.0. The summed E-state index contributed by atoms with van der Waals surface area (Å²) in [5, 5.41) is 36.1. The van der Waals surface area contributed by atoms with Gasteiger partial charge < -0.3 is 30.0 Å². The van der Waals surface area contributed by atoms with E-state index < -0.39 is 36.1 Å². The van der Waals surface area contributed by atoms with E-state index in [0.717, 1.165) is 18.8 Å². The van der Waals surface area contributed by atoms with E-state index in [1.165, 1.54) is 38.0 Å². The Morgan fingerprint density at radius 3 is 1.70 bits per heavy atom. The van der Waals surface area contributed by atoms with Crippen LogP contribution in [0.4, 0.5) is 22.7 Å². The molecule has 4 aromatic carbocycles. The Bertz CT molecular complexity index is 2320. The van der Waals surface area contributed by atoms with Crippen molar-refractivity contribution in [3.8, 4) is 11.5 Å². The van der Waals surface area contributed by atoms with Gasteiger partial charge in [-0.15, -0.1) is 10.2 Å². The number of hydrogen-bond donors (Lipinski definition) is 6. The van der Waals surface area contributed by atoms with Crippen LogP contribution in [-0.4, -0.2) is 63.7 Å². The summed E-state index contributed by atoms with van der Waals surface area (Å²) < 4.78 is 10.7. The maximum Gasteiger partial charge on any atom is 0.269 e. The van der Waals surface area contributed by atoms with Gasteiger partial charge in [0.25, 0.3) is 11.8 Å². The topological polar surface area (TPSA) is 180 Å². The highest BCUT2D eigenvalue weighted by molar-refractivity contribution is 6.35. The lowest BCUT2D eigenvalue weighted by atomic mass is 10.1. The zero-order valence-corrected chi connectivity index (χ0v) is 35.9. The molecule has 1 saturated heterocycles. The number of nitrogens with zero attached hydrogens (tertiary/aromatic N) is 4. The molecule has 0 spiro atoms. The minimum absolute atomic E-state index is 0.236. The second-order valence-corrected chi connectivity index (χ2v) is 14.9. The number of hydrazine groups is 1. The zero-order valence-electron chi connectivity index (χ0n) is 32.9. The van der Waals surface area contributed by atoms with Crippen LogP contribution in [0.1, 0.15) is 60.1 Å². The van der Waals surface area contributed by atoms with Crippen molar-refractivity contribution in [2.45, 2.75) is 64.8 Å². The van der Waals surface area contributed by atoms with Gasteiger partial charge in [-0.25, -0.2) is 9.69 Å². The van der Waals surface area contributed by atoms with Gasteiger partial charge in [0.05, 0.1) is 35.4 Å². The Labute approximate surface area is 367 Å². The molecule has 18 heteroatoms. The van der Waals surface area contributed by atoms with Gasteiger partial charge >= 0.3 is 0 Å². The fourth-order valence-electron chi connectivity index (χ4n) is 5.41. The van der Waals surface area contributed by atoms with Gasteiger partial charge in [-0.3, -0.25) is 20.4 Å². The van der Waals surface area contributed by atoms with E-state index in [2.05, 4.69) is 41.4 Å². The van der Waals surface area contributed by atoms with Gasteiger partial charge in [0.2, 0.25) is 23.2 Å². The monoisotopic (exact) mass is 894 g/mol. The molecule has 60 heavy (non-hydrogen) atoms. The van der Waals surface area contributed by atoms with Crippen molar-refractivity contribution in [1.82, 2.24) is 21.0 Å². The maximum absolute atomic E-state index is 12.4. The molecule has 2 heterocycles.